The molecule has 0 aromatic heterocycles. The Morgan fingerprint density at radius 3 is 2.21 bits per heavy atom. The van der Waals surface area contributed by atoms with E-state index >= 15 is 0 Å². The van der Waals surface area contributed by atoms with E-state index in [1.165, 1.54) is 7.05 Å². The van der Waals surface area contributed by atoms with Gasteiger partial charge in [0.2, 0.25) is 17.7 Å². The fourth-order valence-corrected chi connectivity index (χ4v) is 4.07. The summed E-state index contributed by atoms with van der Waals surface area (Å²) in [5, 5.41) is 22.0. The molecule has 0 saturated heterocycles. The summed E-state index contributed by atoms with van der Waals surface area (Å²) in [7, 11) is 1.49. The number of carbonyl (C=O) groups excluding carboxylic acids is 4. The number of rotatable bonds is 13. The summed E-state index contributed by atoms with van der Waals surface area (Å²) < 4.78 is 0. The molecule has 39 heavy (non-hydrogen) atoms. The van der Waals surface area contributed by atoms with E-state index in [4.69, 9.17) is 11.0 Å². The maximum Gasteiger partial charge on any atom is 0.253 e. The van der Waals surface area contributed by atoms with Gasteiger partial charge in [0.15, 0.2) is 0 Å². The molecular weight excluding hydrogens is 496 g/mol. The Hall–Kier alpha value is -4.91. The summed E-state index contributed by atoms with van der Waals surface area (Å²) in [6, 6.07) is 20.1. The van der Waals surface area contributed by atoms with Gasteiger partial charge in [0, 0.05) is 25.8 Å². The Balaban J connectivity index is 1.54. The van der Waals surface area contributed by atoms with Gasteiger partial charge >= 0.3 is 0 Å². The van der Waals surface area contributed by atoms with Crippen molar-refractivity contribution in [2.45, 2.75) is 19.3 Å². The van der Waals surface area contributed by atoms with Crippen LogP contribution in [0.5, 0.6) is 0 Å². The van der Waals surface area contributed by atoms with Crippen LogP contribution in [-0.2, 0) is 20.8 Å². The summed E-state index contributed by atoms with van der Waals surface area (Å²) in [6.07, 6.45) is 1.56. The number of amides is 4. The van der Waals surface area contributed by atoms with E-state index in [1.807, 2.05) is 36.4 Å². The molecule has 0 spiro atoms. The lowest BCUT2D eigenvalue weighted by Crippen LogP contribution is -2.41. The van der Waals surface area contributed by atoms with Crippen LogP contribution in [0.25, 0.3) is 10.8 Å². The van der Waals surface area contributed by atoms with E-state index in [9.17, 15) is 19.2 Å². The third-order valence-corrected chi connectivity index (χ3v) is 6.17. The molecule has 0 aliphatic carbocycles. The lowest BCUT2D eigenvalue weighted by atomic mass is 9.97. The monoisotopic (exact) mass is 528 g/mol. The highest BCUT2D eigenvalue weighted by molar-refractivity contribution is 6.05. The number of fused-ring (bicyclic) bond motifs is 1. The van der Waals surface area contributed by atoms with Crippen LogP contribution in [-0.4, -0.2) is 50.3 Å². The van der Waals surface area contributed by atoms with Crippen LogP contribution in [0.4, 0.5) is 5.69 Å². The molecule has 1 atom stereocenters. The highest BCUT2D eigenvalue weighted by Crippen LogP contribution is 2.24. The van der Waals surface area contributed by atoms with E-state index in [1.54, 1.807) is 30.3 Å². The fourth-order valence-electron chi connectivity index (χ4n) is 4.07. The van der Waals surface area contributed by atoms with E-state index in [2.05, 4.69) is 21.3 Å². The topological polar surface area (TPSA) is 166 Å². The number of nitriles is 1. The van der Waals surface area contributed by atoms with Gasteiger partial charge in [0.25, 0.3) is 5.91 Å². The Kier molecular flexibility index (Phi) is 10.4. The van der Waals surface area contributed by atoms with Gasteiger partial charge in [-0.25, -0.2) is 0 Å². The van der Waals surface area contributed by atoms with E-state index in [-0.39, 0.29) is 24.8 Å². The summed E-state index contributed by atoms with van der Waals surface area (Å²) in [5.74, 6) is -2.67. The Labute approximate surface area is 226 Å². The number of nitrogens with zero attached hydrogens (tertiary/aromatic N) is 1. The van der Waals surface area contributed by atoms with Crippen LogP contribution >= 0.6 is 0 Å². The van der Waals surface area contributed by atoms with Crippen LogP contribution in [0.1, 0.15) is 34.3 Å². The average molecular weight is 529 g/mol. The molecule has 0 heterocycles. The molecule has 4 amide bonds. The first-order chi connectivity index (χ1) is 18.8. The Bertz CT molecular complexity index is 1380. The number of hydrogen-bond donors (Lipinski definition) is 5. The molecule has 0 saturated carbocycles. The molecule has 10 heteroatoms. The molecule has 202 valence electrons. The second kappa shape index (κ2) is 14.1. The summed E-state index contributed by atoms with van der Waals surface area (Å²) in [6.45, 7) is 0.659. The van der Waals surface area contributed by atoms with Crippen LogP contribution in [0.2, 0.25) is 0 Å². The second-order valence-corrected chi connectivity index (χ2v) is 9.00. The van der Waals surface area contributed by atoms with Crippen molar-refractivity contribution < 1.29 is 19.2 Å². The van der Waals surface area contributed by atoms with E-state index in [0.29, 0.717) is 42.7 Å². The molecular formula is C29H32N6O4. The fraction of sp³-hybridized carbons (Fsp3) is 0.276. The van der Waals surface area contributed by atoms with Crippen molar-refractivity contribution in [2.24, 2.45) is 11.7 Å². The third-order valence-electron chi connectivity index (χ3n) is 6.17. The van der Waals surface area contributed by atoms with Crippen LogP contribution in [0, 0.1) is 17.2 Å². The quantitative estimate of drug-likeness (QED) is 0.168. The Morgan fingerprint density at radius 2 is 1.56 bits per heavy atom. The first-order valence-corrected chi connectivity index (χ1v) is 12.6. The standard InChI is InChI=1S/C29H32N6O4/c1-32-27(37)24(14-19-8-10-20(17-30)11-9-19)29(39)34-13-5-4-12-33-25-16-22-7-3-2-6-21(22)15-23(25)28(38)35-18-26(31)36/h2-3,6-11,15-16,24,33H,4-5,12-14,18H2,1H3,(H2,31,36)(H,32,37)(H,34,39)(H,35,38)/t24-/m1/s1. The van der Waals surface area contributed by atoms with Crippen molar-refractivity contribution in [3.8, 4) is 6.07 Å². The molecule has 3 aromatic carbocycles. The lowest BCUT2D eigenvalue weighted by molar-refractivity contribution is -0.135. The normalized spacial score (nSPS) is 11.2. The zero-order valence-electron chi connectivity index (χ0n) is 21.8. The SMILES string of the molecule is CNC(=O)[C@@H](Cc1ccc(C#N)cc1)C(=O)NCCCCNc1cc2ccccc2cc1C(=O)NCC(N)=O. The van der Waals surface area contributed by atoms with Crippen molar-refractivity contribution in [1.82, 2.24) is 16.0 Å². The van der Waals surface area contributed by atoms with Gasteiger partial charge in [-0.3, -0.25) is 19.2 Å². The maximum absolute atomic E-state index is 12.8. The zero-order valence-corrected chi connectivity index (χ0v) is 21.8. The molecule has 10 nitrogen and oxygen atoms in total. The van der Waals surface area contributed by atoms with Crippen molar-refractivity contribution in [1.29, 1.82) is 5.26 Å². The number of unbranched alkanes of at least 4 members (excludes halogenated alkanes) is 1. The zero-order chi connectivity index (χ0) is 28.2. The van der Waals surface area contributed by atoms with Crippen LogP contribution < -0.4 is 27.0 Å². The molecule has 0 fully saturated rings. The first-order valence-electron chi connectivity index (χ1n) is 12.6. The number of benzene rings is 3. The summed E-state index contributed by atoms with van der Waals surface area (Å²) >= 11 is 0. The van der Waals surface area contributed by atoms with Gasteiger partial charge in [-0.05, 0) is 59.9 Å². The van der Waals surface area contributed by atoms with Gasteiger partial charge in [-0.1, -0.05) is 36.4 Å². The number of hydrogen-bond acceptors (Lipinski definition) is 6. The smallest absolute Gasteiger partial charge is 0.253 e. The molecule has 0 aliphatic rings. The maximum atomic E-state index is 12.8. The molecule has 3 aromatic rings. The van der Waals surface area contributed by atoms with Crippen LogP contribution in [0.15, 0.2) is 60.7 Å². The lowest BCUT2D eigenvalue weighted by Gasteiger charge is -2.16. The predicted octanol–water partition coefficient (Wildman–Crippen LogP) is 1.84. The van der Waals surface area contributed by atoms with Gasteiger partial charge in [-0.2, -0.15) is 5.26 Å². The summed E-state index contributed by atoms with van der Waals surface area (Å²) in [4.78, 5) is 48.9. The molecule has 6 N–H and O–H groups in total. The molecule has 0 bridgehead atoms. The molecule has 0 aliphatic heterocycles. The number of primary amides is 1. The number of nitrogens with two attached hydrogens (primary N) is 1. The first kappa shape index (κ1) is 28.7. The minimum atomic E-state index is -0.889. The predicted molar refractivity (Wildman–Crippen MR) is 149 cm³/mol. The van der Waals surface area contributed by atoms with Crippen molar-refractivity contribution in [3.05, 3.63) is 77.4 Å². The van der Waals surface area contributed by atoms with Gasteiger partial charge in [-0.15, -0.1) is 0 Å². The highest BCUT2D eigenvalue weighted by atomic mass is 16.2. The van der Waals surface area contributed by atoms with Crippen molar-refractivity contribution in [3.63, 3.8) is 0 Å². The number of anilines is 1. The minimum Gasteiger partial charge on any atom is -0.384 e. The minimum absolute atomic E-state index is 0.224. The Morgan fingerprint density at radius 1 is 0.897 bits per heavy atom. The van der Waals surface area contributed by atoms with Crippen molar-refractivity contribution in [2.75, 3.05) is 32.0 Å². The van der Waals surface area contributed by atoms with Crippen molar-refractivity contribution >= 4 is 40.1 Å². The molecule has 3 rings (SSSR count). The van der Waals surface area contributed by atoms with Gasteiger partial charge < -0.3 is 27.0 Å². The van der Waals surface area contributed by atoms with Gasteiger partial charge in [0.1, 0.15) is 5.92 Å². The van der Waals surface area contributed by atoms with Gasteiger partial charge in [0.05, 0.1) is 23.7 Å². The molecule has 0 unspecified atom stereocenters. The van der Waals surface area contributed by atoms with E-state index in [0.717, 1.165) is 16.3 Å². The van der Waals surface area contributed by atoms with E-state index < -0.39 is 17.7 Å². The number of nitrogens with one attached hydrogen (secondary N) is 4. The molecule has 0 radical (unpaired) electrons. The third kappa shape index (κ3) is 8.30. The number of carbonyl (C=O) groups is 4. The second-order valence-electron chi connectivity index (χ2n) is 9.00. The highest BCUT2D eigenvalue weighted by Gasteiger charge is 2.25. The summed E-state index contributed by atoms with van der Waals surface area (Å²) in [5.41, 5.74) is 7.48. The average Bonchev–Trinajstić information content (AvgIpc) is 2.95. The van der Waals surface area contributed by atoms with Crippen LogP contribution in [0.3, 0.4) is 0 Å². The largest absolute Gasteiger partial charge is 0.384 e.